The van der Waals surface area contributed by atoms with Crippen LogP contribution in [0.1, 0.15) is 32.1 Å². The van der Waals surface area contributed by atoms with Crippen LogP contribution in [-0.4, -0.2) is 62.4 Å². The van der Waals surface area contributed by atoms with Gasteiger partial charge in [-0.05, 0) is 38.0 Å². The molecule has 20 heavy (non-hydrogen) atoms. The molecule has 0 radical (unpaired) electrons. The molecular formula is C15H26N2O3. The molecule has 2 atom stereocenters. The van der Waals surface area contributed by atoms with Gasteiger partial charge in [-0.15, -0.1) is 0 Å². The first-order chi connectivity index (χ1) is 9.68. The molecule has 3 rings (SSSR count). The third kappa shape index (κ3) is 2.85. The Labute approximate surface area is 121 Å². The van der Waals surface area contributed by atoms with Crippen LogP contribution in [0.5, 0.6) is 0 Å². The zero-order valence-corrected chi connectivity index (χ0v) is 12.6. The molecule has 1 aliphatic heterocycles. The number of carbonyl (C=O) groups is 1. The molecule has 0 aromatic carbocycles. The molecule has 2 saturated carbocycles. The first kappa shape index (κ1) is 14.3. The van der Waals surface area contributed by atoms with Gasteiger partial charge in [0.1, 0.15) is 5.54 Å². The summed E-state index contributed by atoms with van der Waals surface area (Å²) in [6, 6.07) is 0.510. The lowest BCUT2D eigenvalue weighted by Crippen LogP contribution is -2.61. The van der Waals surface area contributed by atoms with E-state index in [1.165, 1.54) is 20.0 Å². The van der Waals surface area contributed by atoms with Gasteiger partial charge in [0.15, 0.2) is 0 Å². The smallest absolute Gasteiger partial charge is 0.327 e. The van der Waals surface area contributed by atoms with Gasteiger partial charge in [-0.1, -0.05) is 0 Å². The van der Waals surface area contributed by atoms with Gasteiger partial charge in [0.2, 0.25) is 0 Å². The number of rotatable bonds is 7. The van der Waals surface area contributed by atoms with Crippen LogP contribution in [0.4, 0.5) is 0 Å². The third-order valence-electron chi connectivity index (χ3n) is 4.90. The van der Waals surface area contributed by atoms with Crippen LogP contribution < -0.4 is 5.32 Å². The lowest BCUT2D eigenvalue weighted by molar-refractivity contribution is -0.151. The van der Waals surface area contributed by atoms with Crippen molar-refractivity contribution in [2.75, 3.05) is 33.9 Å². The van der Waals surface area contributed by atoms with Crippen LogP contribution in [0.15, 0.2) is 0 Å². The van der Waals surface area contributed by atoms with Crippen LogP contribution >= 0.6 is 0 Å². The maximum Gasteiger partial charge on any atom is 0.327 e. The van der Waals surface area contributed by atoms with E-state index in [0.717, 1.165) is 38.9 Å². The van der Waals surface area contributed by atoms with E-state index in [9.17, 15) is 4.79 Å². The van der Waals surface area contributed by atoms with Crippen LogP contribution in [0, 0.1) is 5.92 Å². The van der Waals surface area contributed by atoms with Gasteiger partial charge >= 0.3 is 5.97 Å². The predicted octanol–water partition coefficient (Wildman–Crippen LogP) is 0.781. The number of hydrogen-bond donors (Lipinski definition) is 1. The molecule has 2 aliphatic carbocycles. The minimum Gasteiger partial charge on any atom is -0.468 e. The Hall–Kier alpha value is -0.650. The maximum absolute atomic E-state index is 12.5. The average molecular weight is 282 g/mol. The minimum atomic E-state index is -0.488. The molecule has 0 aromatic heterocycles. The third-order valence-corrected chi connectivity index (χ3v) is 4.90. The Morgan fingerprint density at radius 2 is 2.00 bits per heavy atom. The SMILES string of the molecule is COC(=O)C(CN1CCC(OC)C1)(NC1CC1)C1CC1. The Balaban J connectivity index is 1.72. The second kappa shape index (κ2) is 5.62. The number of nitrogens with zero attached hydrogens (tertiary/aromatic N) is 1. The molecule has 5 heteroatoms. The van der Waals surface area contributed by atoms with Crippen molar-refractivity contribution < 1.29 is 14.3 Å². The van der Waals surface area contributed by atoms with E-state index in [1.54, 1.807) is 7.11 Å². The summed E-state index contributed by atoms with van der Waals surface area (Å²) in [7, 11) is 3.28. The molecule has 1 heterocycles. The lowest BCUT2D eigenvalue weighted by atomic mass is 9.92. The normalized spacial score (nSPS) is 30.2. The summed E-state index contributed by atoms with van der Waals surface area (Å²) in [6.07, 6.45) is 6.01. The lowest BCUT2D eigenvalue weighted by Gasteiger charge is -2.36. The maximum atomic E-state index is 12.5. The van der Waals surface area contributed by atoms with Gasteiger partial charge < -0.3 is 9.47 Å². The highest BCUT2D eigenvalue weighted by Gasteiger charge is 2.54. The van der Waals surface area contributed by atoms with Crippen molar-refractivity contribution in [3.63, 3.8) is 0 Å². The van der Waals surface area contributed by atoms with E-state index in [4.69, 9.17) is 9.47 Å². The number of ether oxygens (including phenoxy) is 2. The fraction of sp³-hybridized carbons (Fsp3) is 0.933. The van der Waals surface area contributed by atoms with Crippen molar-refractivity contribution in [1.82, 2.24) is 10.2 Å². The van der Waals surface area contributed by atoms with Crippen LogP contribution in [0.25, 0.3) is 0 Å². The molecule has 3 aliphatic rings. The summed E-state index contributed by atoms with van der Waals surface area (Å²) in [4.78, 5) is 14.8. The van der Waals surface area contributed by atoms with E-state index < -0.39 is 5.54 Å². The van der Waals surface area contributed by atoms with E-state index >= 15 is 0 Å². The fourth-order valence-corrected chi connectivity index (χ4v) is 3.42. The molecule has 1 saturated heterocycles. The molecule has 1 N–H and O–H groups in total. The quantitative estimate of drug-likeness (QED) is 0.699. The second-order valence-electron chi connectivity index (χ2n) is 6.54. The summed E-state index contributed by atoms with van der Waals surface area (Å²) in [5.41, 5.74) is -0.488. The van der Waals surface area contributed by atoms with Crippen molar-refractivity contribution in [2.24, 2.45) is 5.92 Å². The zero-order chi connectivity index (χ0) is 14.2. The van der Waals surface area contributed by atoms with E-state index in [0.29, 0.717) is 18.1 Å². The average Bonchev–Trinajstić information content (AvgIpc) is 3.37. The standard InChI is InChI=1S/C15H26N2O3/c1-19-13-7-8-17(9-13)10-15(11-3-4-11,14(18)20-2)16-12-5-6-12/h11-13,16H,3-10H2,1-2H3. The summed E-state index contributed by atoms with van der Waals surface area (Å²) in [5, 5.41) is 3.62. The van der Waals surface area contributed by atoms with Crippen LogP contribution in [0.2, 0.25) is 0 Å². The second-order valence-corrected chi connectivity index (χ2v) is 6.54. The summed E-state index contributed by atoms with van der Waals surface area (Å²) in [6.45, 7) is 2.70. The number of methoxy groups -OCH3 is 2. The first-order valence-corrected chi connectivity index (χ1v) is 7.79. The number of likely N-dealkylation sites (tertiary alicyclic amines) is 1. The molecule has 0 spiro atoms. The van der Waals surface area contributed by atoms with E-state index in [-0.39, 0.29) is 5.97 Å². The Kier molecular flexibility index (Phi) is 4.02. The highest BCUT2D eigenvalue weighted by atomic mass is 16.5. The molecular weight excluding hydrogens is 256 g/mol. The van der Waals surface area contributed by atoms with Crippen molar-refractivity contribution in [3.05, 3.63) is 0 Å². The summed E-state index contributed by atoms with van der Waals surface area (Å²) >= 11 is 0. The molecule has 5 nitrogen and oxygen atoms in total. The highest BCUT2D eigenvalue weighted by molar-refractivity contribution is 5.82. The Bertz CT molecular complexity index is 368. The van der Waals surface area contributed by atoms with Crippen LogP contribution in [-0.2, 0) is 14.3 Å². The molecule has 2 unspecified atom stereocenters. The van der Waals surface area contributed by atoms with Gasteiger partial charge in [-0.25, -0.2) is 4.79 Å². The number of hydrogen-bond acceptors (Lipinski definition) is 5. The molecule has 114 valence electrons. The van der Waals surface area contributed by atoms with Crippen molar-refractivity contribution in [1.29, 1.82) is 0 Å². The molecule has 0 amide bonds. The fourth-order valence-electron chi connectivity index (χ4n) is 3.42. The number of nitrogens with one attached hydrogen (secondary N) is 1. The van der Waals surface area contributed by atoms with Crippen molar-refractivity contribution in [3.8, 4) is 0 Å². The Morgan fingerprint density at radius 3 is 2.50 bits per heavy atom. The van der Waals surface area contributed by atoms with Gasteiger partial charge in [-0.3, -0.25) is 10.2 Å². The monoisotopic (exact) mass is 282 g/mol. The van der Waals surface area contributed by atoms with Crippen molar-refractivity contribution in [2.45, 2.75) is 49.8 Å². The predicted molar refractivity (Wildman–Crippen MR) is 75.5 cm³/mol. The van der Waals surface area contributed by atoms with Crippen LogP contribution in [0.3, 0.4) is 0 Å². The highest BCUT2D eigenvalue weighted by Crippen LogP contribution is 2.43. The summed E-state index contributed by atoms with van der Waals surface area (Å²) in [5.74, 6) is 0.366. The molecule has 0 aromatic rings. The molecule has 0 bridgehead atoms. The van der Waals surface area contributed by atoms with Gasteiger partial charge in [0.25, 0.3) is 0 Å². The van der Waals surface area contributed by atoms with Gasteiger partial charge in [-0.2, -0.15) is 0 Å². The van der Waals surface area contributed by atoms with E-state index in [2.05, 4.69) is 10.2 Å². The van der Waals surface area contributed by atoms with Crippen molar-refractivity contribution >= 4 is 5.97 Å². The number of esters is 1. The minimum absolute atomic E-state index is 0.0761. The molecule has 3 fully saturated rings. The summed E-state index contributed by atoms with van der Waals surface area (Å²) < 4.78 is 10.6. The largest absolute Gasteiger partial charge is 0.468 e. The van der Waals surface area contributed by atoms with Gasteiger partial charge in [0.05, 0.1) is 13.2 Å². The zero-order valence-electron chi connectivity index (χ0n) is 12.6. The number of carbonyl (C=O) groups excluding carboxylic acids is 1. The topological polar surface area (TPSA) is 50.8 Å². The Morgan fingerprint density at radius 1 is 1.25 bits per heavy atom. The van der Waals surface area contributed by atoms with E-state index in [1.807, 2.05) is 0 Å². The first-order valence-electron chi connectivity index (χ1n) is 7.79. The van der Waals surface area contributed by atoms with Gasteiger partial charge in [0, 0.05) is 32.8 Å².